The average molecular weight is 236 g/mol. The van der Waals surface area contributed by atoms with Crippen molar-refractivity contribution in [2.45, 2.75) is 31.0 Å². The van der Waals surface area contributed by atoms with Crippen molar-refractivity contribution >= 4 is 0 Å². The van der Waals surface area contributed by atoms with E-state index in [1.165, 1.54) is 0 Å². The van der Waals surface area contributed by atoms with Crippen LogP contribution in [0.15, 0.2) is 30.3 Å². The van der Waals surface area contributed by atoms with E-state index in [0.717, 1.165) is 5.56 Å². The van der Waals surface area contributed by atoms with Gasteiger partial charge in [0.25, 0.3) is 0 Å². The molecule has 0 amide bonds. The molecule has 1 N–H and O–H groups in total. The summed E-state index contributed by atoms with van der Waals surface area (Å²) in [7, 11) is 0. The minimum absolute atomic E-state index is 0.0719. The molecule has 2 heterocycles. The van der Waals surface area contributed by atoms with Crippen molar-refractivity contribution in [3.63, 3.8) is 0 Å². The van der Waals surface area contributed by atoms with Gasteiger partial charge in [-0.15, -0.1) is 0 Å². The molecule has 0 bridgehead atoms. The smallest absolute Gasteiger partial charge is 0.115 e. The van der Waals surface area contributed by atoms with E-state index in [4.69, 9.17) is 14.2 Å². The Bertz CT molecular complexity index is 367. The molecule has 2 saturated heterocycles. The molecule has 0 saturated carbocycles. The lowest BCUT2D eigenvalue weighted by Gasteiger charge is -2.16. The maximum absolute atomic E-state index is 9.60. The van der Waals surface area contributed by atoms with E-state index in [2.05, 4.69) is 0 Å². The van der Waals surface area contributed by atoms with Gasteiger partial charge in [-0.3, -0.25) is 0 Å². The van der Waals surface area contributed by atoms with Crippen molar-refractivity contribution in [2.24, 2.45) is 0 Å². The number of hydrogen-bond acceptors (Lipinski definition) is 4. The van der Waals surface area contributed by atoms with Gasteiger partial charge in [0.2, 0.25) is 0 Å². The Kier molecular flexibility index (Phi) is 3.11. The largest absolute Gasteiger partial charge is 0.388 e. The van der Waals surface area contributed by atoms with Crippen LogP contribution in [0, 0.1) is 0 Å². The Balaban J connectivity index is 1.57. The predicted octanol–water partition coefficient (Wildman–Crippen LogP) is 0.730. The van der Waals surface area contributed by atoms with Crippen LogP contribution < -0.4 is 0 Å². The molecule has 17 heavy (non-hydrogen) atoms. The topological polar surface area (TPSA) is 47.9 Å². The normalized spacial score (nSPS) is 36.1. The maximum atomic E-state index is 9.60. The third kappa shape index (κ3) is 2.21. The number of hydrogen-bond donors (Lipinski definition) is 1. The van der Waals surface area contributed by atoms with Gasteiger partial charge in [0, 0.05) is 0 Å². The molecule has 0 aromatic heterocycles. The first kappa shape index (κ1) is 11.2. The summed E-state index contributed by atoms with van der Waals surface area (Å²) in [6.07, 6.45) is -0.910. The molecular weight excluding hydrogens is 220 g/mol. The fourth-order valence-electron chi connectivity index (χ4n) is 2.36. The standard InChI is InChI=1S/C13H16O4/c14-10-7-16-13-11(8-17-12(10)13)15-6-9-4-2-1-3-5-9/h1-5,10-14H,6-8H2/t10-,11-,12-,13-/m1/s1. The first-order valence-corrected chi connectivity index (χ1v) is 5.91. The zero-order chi connectivity index (χ0) is 11.7. The highest BCUT2D eigenvalue weighted by Gasteiger charge is 2.47. The summed E-state index contributed by atoms with van der Waals surface area (Å²) in [6.45, 7) is 1.40. The lowest BCUT2D eigenvalue weighted by atomic mass is 10.1. The molecule has 4 heteroatoms. The Morgan fingerprint density at radius 1 is 1.12 bits per heavy atom. The van der Waals surface area contributed by atoms with Crippen LogP contribution in [-0.2, 0) is 20.8 Å². The number of fused-ring (bicyclic) bond motifs is 1. The van der Waals surface area contributed by atoms with Crippen LogP contribution in [0.2, 0.25) is 0 Å². The number of rotatable bonds is 3. The van der Waals surface area contributed by atoms with E-state index in [0.29, 0.717) is 19.8 Å². The van der Waals surface area contributed by atoms with Gasteiger partial charge in [-0.25, -0.2) is 0 Å². The third-order valence-electron chi connectivity index (χ3n) is 3.29. The molecule has 2 aliphatic heterocycles. The van der Waals surface area contributed by atoms with E-state index in [-0.39, 0.29) is 18.3 Å². The second kappa shape index (κ2) is 4.74. The first-order chi connectivity index (χ1) is 8.34. The average Bonchev–Trinajstić information content (AvgIpc) is 2.92. The monoisotopic (exact) mass is 236 g/mol. The minimum atomic E-state index is -0.509. The van der Waals surface area contributed by atoms with Gasteiger partial charge >= 0.3 is 0 Å². The fraction of sp³-hybridized carbons (Fsp3) is 0.538. The van der Waals surface area contributed by atoms with Crippen molar-refractivity contribution in [3.05, 3.63) is 35.9 Å². The predicted molar refractivity (Wildman–Crippen MR) is 60.5 cm³/mol. The molecule has 92 valence electrons. The summed E-state index contributed by atoms with van der Waals surface area (Å²) in [4.78, 5) is 0. The lowest BCUT2D eigenvalue weighted by Crippen LogP contribution is -2.32. The Morgan fingerprint density at radius 3 is 2.71 bits per heavy atom. The Morgan fingerprint density at radius 2 is 1.88 bits per heavy atom. The summed E-state index contributed by atoms with van der Waals surface area (Å²) in [6, 6.07) is 10.0. The molecule has 0 unspecified atom stereocenters. The van der Waals surface area contributed by atoms with Crippen molar-refractivity contribution < 1.29 is 19.3 Å². The molecule has 2 aliphatic rings. The highest BCUT2D eigenvalue weighted by atomic mass is 16.6. The molecule has 2 fully saturated rings. The molecule has 4 atom stereocenters. The van der Waals surface area contributed by atoms with Gasteiger partial charge in [0.05, 0.1) is 19.8 Å². The van der Waals surface area contributed by atoms with Crippen LogP contribution in [0.3, 0.4) is 0 Å². The van der Waals surface area contributed by atoms with Gasteiger partial charge in [0.15, 0.2) is 0 Å². The Hall–Kier alpha value is -0.940. The number of aliphatic hydroxyl groups is 1. The van der Waals surface area contributed by atoms with E-state index >= 15 is 0 Å². The van der Waals surface area contributed by atoms with Crippen LogP contribution in [-0.4, -0.2) is 42.7 Å². The maximum Gasteiger partial charge on any atom is 0.115 e. The quantitative estimate of drug-likeness (QED) is 0.840. The van der Waals surface area contributed by atoms with E-state index in [9.17, 15) is 5.11 Å². The number of ether oxygens (including phenoxy) is 3. The van der Waals surface area contributed by atoms with E-state index < -0.39 is 6.10 Å². The van der Waals surface area contributed by atoms with Gasteiger partial charge in [-0.05, 0) is 5.56 Å². The molecule has 1 aromatic rings. The lowest BCUT2D eigenvalue weighted by molar-refractivity contribution is -0.0439. The molecule has 4 nitrogen and oxygen atoms in total. The Labute approximate surface area is 100 Å². The zero-order valence-corrected chi connectivity index (χ0v) is 9.49. The summed E-state index contributed by atoms with van der Waals surface area (Å²) in [5.41, 5.74) is 1.13. The molecule has 1 aromatic carbocycles. The molecule has 0 radical (unpaired) electrons. The van der Waals surface area contributed by atoms with Crippen LogP contribution in [0.1, 0.15) is 5.56 Å². The third-order valence-corrected chi connectivity index (χ3v) is 3.29. The summed E-state index contributed by atoms with van der Waals surface area (Å²) >= 11 is 0. The van der Waals surface area contributed by atoms with Gasteiger partial charge in [-0.1, -0.05) is 30.3 Å². The van der Waals surface area contributed by atoms with Gasteiger partial charge in [0.1, 0.15) is 24.4 Å². The van der Waals surface area contributed by atoms with E-state index in [1.54, 1.807) is 0 Å². The number of benzene rings is 1. The molecular formula is C13H16O4. The summed E-state index contributed by atoms with van der Waals surface area (Å²) in [5, 5.41) is 9.60. The SMILES string of the molecule is O[C@@H]1CO[C@H]2[C@@H]1OC[C@H]2OCc1ccccc1. The highest BCUT2D eigenvalue weighted by Crippen LogP contribution is 2.29. The van der Waals surface area contributed by atoms with E-state index in [1.807, 2.05) is 30.3 Å². The second-order valence-electron chi connectivity index (χ2n) is 4.50. The number of aliphatic hydroxyl groups excluding tert-OH is 1. The summed E-state index contributed by atoms with van der Waals surface area (Å²) < 4.78 is 16.8. The molecule has 0 spiro atoms. The minimum Gasteiger partial charge on any atom is -0.388 e. The summed E-state index contributed by atoms with van der Waals surface area (Å²) in [5.74, 6) is 0. The first-order valence-electron chi connectivity index (χ1n) is 5.91. The van der Waals surface area contributed by atoms with Crippen molar-refractivity contribution in [2.75, 3.05) is 13.2 Å². The van der Waals surface area contributed by atoms with Crippen molar-refractivity contribution in [3.8, 4) is 0 Å². The molecule has 0 aliphatic carbocycles. The second-order valence-corrected chi connectivity index (χ2v) is 4.50. The van der Waals surface area contributed by atoms with Crippen LogP contribution >= 0.6 is 0 Å². The fourth-order valence-corrected chi connectivity index (χ4v) is 2.36. The van der Waals surface area contributed by atoms with Crippen LogP contribution in [0.4, 0.5) is 0 Å². The van der Waals surface area contributed by atoms with Crippen molar-refractivity contribution in [1.82, 2.24) is 0 Å². The molecule has 3 rings (SSSR count). The van der Waals surface area contributed by atoms with Crippen molar-refractivity contribution in [1.29, 1.82) is 0 Å². The zero-order valence-electron chi connectivity index (χ0n) is 9.49. The van der Waals surface area contributed by atoms with Crippen LogP contribution in [0.25, 0.3) is 0 Å². The highest BCUT2D eigenvalue weighted by molar-refractivity contribution is 5.13. The van der Waals surface area contributed by atoms with Gasteiger partial charge < -0.3 is 19.3 Å². The van der Waals surface area contributed by atoms with Crippen LogP contribution in [0.5, 0.6) is 0 Å². The van der Waals surface area contributed by atoms with Gasteiger partial charge in [-0.2, -0.15) is 0 Å².